The molecule has 0 heterocycles. The number of hydrogen-bond acceptors (Lipinski definition) is 5. The largest absolute Gasteiger partial charge is 0.495 e. The number of sulfonamides is 1. The molecule has 0 aliphatic carbocycles. The van der Waals surface area contributed by atoms with Gasteiger partial charge < -0.3 is 15.0 Å². The molecule has 36 heavy (non-hydrogen) atoms. The van der Waals surface area contributed by atoms with Crippen LogP contribution in [0, 0.1) is 6.92 Å². The minimum absolute atomic E-state index is 0.0666. The number of carbonyl (C=O) groups excluding carboxylic acids is 2. The first-order valence-electron chi connectivity index (χ1n) is 11.9. The molecule has 0 aromatic heterocycles. The Morgan fingerprint density at radius 2 is 1.72 bits per heavy atom. The van der Waals surface area contributed by atoms with Crippen molar-refractivity contribution in [2.45, 2.75) is 59.2 Å². The number of benzene rings is 2. The van der Waals surface area contributed by atoms with Gasteiger partial charge in [-0.15, -0.1) is 0 Å². The molecule has 0 aliphatic heterocycles. The molecule has 0 spiro atoms. The normalized spacial score (nSPS) is 13.0. The van der Waals surface area contributed by atoms with Crippen LogP contribution in [0.25, 0.3) is 0 Å². The minimum Gasteiger partial charge on any atom is -0.495 e. The third-order valence-corrected chi connectivity index (χ3v) is 7.31. The van der Waals surface area contributed by atoms with E-state index in [4.69, 9.17) is 16.3 Å². The van der Waals surface area contributed by atoms with Crippen LogP contribution in [0.1, 0.15) is 44.7 Å². The van der Waals surface area contributed by atoms with Gasteiger partial charge in [0, 0.05) is 17.6 Å². The van der Waals surface area contributed by atoms with Crippen LogP contribution in [0.3, 0.4) is 0 Å². The molecule has 0 unspecified atom stereocenters. The van der Waals surface area contributed by atoms with Crippen molar-refractivity contribution < 1.29 is 22.7 Å². The van der Waals surface area contributed by atoms with Gasteiger partial charge in [-0.3, -0.25) is 13.9 Å². The van der Waals surface area contributed by atoms with Gasteiger partial charge in [0.2, 0.25) is 21.8 Å². The van der Waals surface area contributed by atoms with E-state index in [1.165, 1.54) is 12.0 Å². The second kappa shape index (κ2) is 13.0. The second-order valence-corrected chi connectivity index (χ2v) is 11.2. The van der Waals surface area contributed by atoms with Crippen LogP contribution in [0.15, 0.2) is 42.5 Å². The predicted octanol–water partition coefficient (Wildman–Crippen LogP) is 4.15. The number of halogens is 1. The van der Waals surface area contributed by atoms with Crippen molar-refractivity contribution in [2.75, 3.05) is 24.2 Å². The highest BCUT2D eigenvalue weighted by Crippen LogP contribution is 2.31. The summed E-state index contributed by atoms with van der Waals surface area (Å²) in [5.74, 6) is -0.470. The highest BCUT2D eigenvalue weighted by molar-refractivity contribution is 7.92. The van der Waals surface area contributed by atoms with Gasteiger partial charge in [-0.2, -0.15) is 0 Å². The van der Waals surface area contributed by atoms with E-state index in [0.717, 1.165) is 28.1 Å². The molecule has 1 N–H and O–H groups in total. The standard InChI is InChI=1S/C26H36ClN3O5S/c1-7-19(4)28-26(32)22(8-2)29(16-20-10-12-21(27)13-11-20)25(31)17-30(36(6,33)34)23-15-18(3)9-14-24(23)35-5/h9-15,19,22H,7-8,16-17H2,1-6H3,(H,28,32)/t19-,22+/m0/s1. The number of aryl methyl sites for hydroxylation is 1. The smallest absolute Gasteiger partial charge is 0.244 e. The summed E-state index contributed by atoms with van der Waals surface area (Å²) < 4.78 is 32.1. The molecule has 2 atom stereocenters. The summed E-state index contributed by atoms with van der Waals surface area (Å²) in [6, 6.07) is 11.2. The highest BCUT2D eigenvalue weighted by Gasteiger charge is 2.33. The summed E-state index contributed by atoms with van der Waals surface area (Å²) in [5, 5.41) is 3.50. The summed E-state index contributed by atoms with van der Waals surface area (Å²) in [6.45, 7) is 7.13. The van der Waals surface area contributed by atoms with E-state index in [1.54, 1.807) is 42.5 Å². The maximum atomic E-state index is 13.8. The first-order chi connectivity index (χ1) is 16.9. The van der Waals surface area contributed by atoms with Crippen molar-refractivity contribution >= 4 is 39.1 Å². The fraction of sp³-hybridized carbons (Fsp3) is 0.462. The van der Waals surface area contributed by atoms with Crippen molar-refractivity contribution in [1.82, 2.24) is 10.2 Å². The van der Waals surface area contributed by atoms with Crippen LogP contribution in [0.4, 0.5) is 5.69 Å². The number of amides is 2. The lowest BCUT2D eigenvalue weighted by Gasteiger charge is -2.33. The van der Waals surface area contributed by atoms with Gasteiger partial charge >= 0.3 is 0 Å². The van der Waals surface area contributed by atoms with Gasteiger partial charge in [-0.1, -0.05) is 43.6 Å². The second-order valence-electron chi connectivity index (χ2n) is 8.83. The summed E-state index contributed by atoms with van der Waals surface area (Å²) in [6.07, 6.45) is 2.13. The number of nitrogens with one attached hydrogen (secondary N) is 1. The maximum Gasteiger partial charge on any atom is 0.244 e. The van der Waals surface area contributed by atoms with Crippen LogP contribution in [0.2, 0.25) is 5.02 Å². The van der Waals surface area contributed by atoms with Crippen molar-refractivity contribution in [3.8, 4) is 5.75 Å². The van der Waals surface area contributed by atoms with E-state index in [1.807, 2.05) is 27.7 Å². The van der Waals surface area contributed by atoms with E-state index in [-0.39, 0.29) is 24.2 Å². The third-order valence-electron chi connectivity index (χ3n) is 5.94. The molecule has 2 rings (SSSR count). The number of rotatable bonds is 12. The zero-order valence-corrected chi connectivity index (χ0v) is 23.3. The summed E-state index contributed by atoms with van der Waals surface area (Å²) >= 11 is 6.02. The minimum atomic E-state index is -3.86. The summed E-state index contributed by atoms with van der Waals surface area (Å²) in [5.41, 5.74) is 1.84. The highest BCUT2D eigenvalue weighted by atomic mass is 35.5. The average molecular weight is 538 g/mol. The van der Waals surface area contributed by atoms with Crippen molar-refractivity contribution in [2.24, 2.45) is 0 Å². The molecule has 198 valence electrons. The Bertz CT molecular complexity index is 1150. The molecular formula is C26H36ClN3O5S. The zero-order valence-electron chi connectivity index (χ0n) is 21.7. The maximum absolute atomic E-state index is 13.8. The molecule has 2 aromatic carbocycles. The van der Waals surface area contributed by atoms with Crippen molar-refractivity contribution in [3.63, 3.8) is 0 Å². The fourth-order valence-corrected chi connectivity index (χ4v) is 4.71. The lowest BCUT2D eigenvalue weighted by molar-refractivity contribution is -0.140. The Labute approximate surface area is 219 Å². The first-order valence-corrected chi connectivity index (χ1v) is 14.1. The van der Waals surface area contributed by atoms with E-state index in [9.17, 15) is 18.0 Å². The first kappa shape index (κ1) is 29.5. The van der Waals surface area contributed by atoms with Crippen LogP contribution in [0.5, 0.6) is 5.75 Å². The number of hydrogen-bond donors (Lipinski definition) is 1. The number of anilines is 1. The average Bonchev–Trinajstić information content (AvgIpc) is 2.82. The quantitative estimate of drug-likeness (QED) is 0.439. The molecule has 0 saturated heterocycles. The number of methoxy groups -OCH3 is 1. The Kier molecular flexibility index (Phi) is 10.6. The molecular weight excluding hydrogens is 502 g/mol. The van der Waals surface area contributed by atoms with Gasteiger partial charge in [0.1, 0.15) is 18.3 Å². The zero-order chi connectivity index (χ0) is 27.0. The predicted molar refractivity (Wildman–Crippen MR) is 144 cm³/mol. The van der Waals surface area contributed by atoms with Crippen molar-refractivity contribution in [1.29, 1.82) is 0 Å². The SMILES string of the molecule is CC[C@H](C(=O)N[C@@H](C)CC)N(Cc1ccc(Cl)cc1)C(=O)CN(c1cc(C)ccc1OC)S(C)(=O)=O. The van der Waals surface area contributed by atoms with E-state index < -0.39 is 28.5 Å². The molecule has 0 aliphatic rings. The third kappa shape index (κ3) is 7.86. The Morgan fingerprint density at radius 1 is 1.08 bits per heavy atom. The Morgan fingerprint density at radius 3 is 2.25 bits per heavy atom. The van der Waals surface area contributed by atoms with Crippen LogP contribution >= 0.6 is 11.6 Å². The van der Waals surface area contributed by atoms with E-state index >= 15 is 0 Å². The number of carbonyl (C=O) groups is 2. The molecule has 0 bridgehead atoms. The molecule has 0 radical (unpaired) electrons. The lowest BCUT2D eigenvalue weighted by atomic mass is 10.1. The molecule has 2 amide bonds. The monoisotopic (exact) mass is 537 g/mol. The van der Waals surface area contributed by atoms with E-state index in [2.05, 4.69) is 5.32 Å². The van der Waals surface area contributed by atoms with Gasteiger partial charge in [0.25, 0.3) is 0 Å². The van der Waals surface area contributed by atoms with Gasteiger partial charge in [0.05, 0.1) is 19.1 Å². The number of nitrogens with zero attached hydrogens (tertiary/aromatic N) is 2. The molecule has 8 nitrogen and oxygen atoms in total. The van der Waals surface area contributed by atoms with Crippen LogP contribution < -0.4 is 14.4 Å². The van der Waals surface area contributed by atoms with Crippen molar-refractivity contribution in [3.05, 3.63) is 58.6 Å². The molecule has 0 saturated carbocycles. The Hall–Kier alpha value is -2.78. The molecule has 10 heteroatoms. The lowest BCUT2D eigenvalue weighted by Crippen LogP contribution is -2.53. The fourth-order valence-electron chi connectivity index (χ4n) is 3.74. The van der Waals surface area contributed by atoms with Crippen LogP contribution in [-0.2, 0) is 26.2 Å². The molecule has 0 fully saturated rings. The molecule has 2 aromatic rings. The van der Waals surface area contributed by atoms with Gasteiger partial charge in [0.15, 0.2) is 0 Å². The Balaban J connectivity index is 2.50. The summed E-state index contributed by atoms with van der Waals surface area (Å²) in [7, 11) is -2.42. The van der Waals surface area contributed by atoms with E-state index in [0.29, 0.717) is 17.2 Å². The van der Waals surface area contributed by atoms with Gasteiger partial charge in [-0.25, -0.2) is 8.42 Å². The topological polar surface area (TPSA) is 96.0 Å². The number of ether oxygens (including phenoxy) is 1. The van der Waals surface area contributed by atoms with Gasteiger partial charge in [-0.05, 0) is 62.1 Å². The van der Waals surface area contributed by atoms with Crippen LogP contribution in [-0.4, -0.2) is 57.1 Å². The summed E-state index contributed by atoms with van der Waals surface area (Å²) in [4.78, 5) is 28.3.